The largest absolute Gasteiger partial charge is 0.399 e. The number of carbonyl (C=O) groups excluding carboxylic acids is 1. The van der Waals surface area contributed by atoms with E-state index in [-0.39, 0.29) is 18.6 Å². The van der Waals surface area contributed by atoms with Crippen molar-refractivity contribution in [2.45, 2.75) is 25.8 Å². The van der Waals surface area contributed by atoms with Crippen LogP contribution >= 0.6 is 0 Å². The first-order valence-corrected chi connectivity index (χ1v) is 5.60. The van der Waals surface area contributed by atoms with Crippen molar-refractivity contribution >= 4 is 17.3 Å². The summed E-state index contributed by atoms with van der Waals surface area (Å²) in [6.45, 7) is 2.02. The number of hydrogen-bond acceptors (Lipinski definition) is 4. The number of carbonyl (C=O) groups is 1. The van der Waals surface area contributed by atoms with Crippen LogP contribution in [0.4, 0.5) is 11.4 Å². The second-order valence-electron chi connectivity index (χ2n) is 4.13. The smallest absolute Gasteiger partial charge is 0.251 e. The van der Waals surface area contributed by atoms with Crippen LogP contribution in [-0.4, -0.2) is 23.7 Å². The minimum atomic E-state index is -0.200. The first-order chi connectivity index (χ1) is 8.02. The Kier molecular flexibility index (Phi) is 4.78. The first kappa shape index (κ1) is 13.3. The van der Waals surface area contributed by atoms with E-state index in [0.29, 0.717) is 23.4 Å². The van der Waals surface area contributed by atoms with Gasteiger partial charge in [0.05, 0.1) is 0 Å². The molecule has 0 aliphatic carbocycles. The molecule has 17 heavy (non-hydrogen) atoms. The average molecular weight is 237 g/mol. The van der Waals surface area contributed by atoms with E-state index < -0.39 is 0 Å². The minimum absolute atomic E-state index is 0.0114. The number of hydrogen-bond donors (Lipinski definition) is 4. The molecule has 1 atom stereocenters. The molecule has 0 aliphatic heterocycles. The van der Waals surface area contributed by atoms with Gasteiger partial charge < -0.3 is 21.9 Å². The van der Waals surface area contributed by atoms with Crippen molar-refractivity contribution in [3.63, 3.8) is 0 Å². The van der Waals surface area contributed by atoms with Gasteiger partial charge in [0.2, 0.25) is 0 Å². The highest BCUT2D eigenvalue weighted by Crippen LogP contribution is 2.13. The Hall–Kier alpha value is -1.75. The van der Waals surface area contributed by atoms with Gasteiger partial charge in [-0.3, -0.25) is 4.79 Å². The molecule has 94 valence electrons. The zero-order chi connectivity index (χ0) is 12.8. The van der Waals surface area contributed by atoms with Crippen molar-refractivity contribution in [2.24, 2.45) is 0 Å². The Bertz CT molecular complexity index is 373. The minimum Gasteiger partial charge on any atom is -0.399 e. The lowest BCUT2D eigenvalue weighted by molar-refractivity contribution is 0.0936. The highest BCUT2D eigenvalue weighted by atomic mass is 16.2. The lowest BCUT2D eigenvalue weighted by Crippen LogP contribution is -2.32. The Morgan fingerprint density at radius 1 is 1.35 bits per heavy atom. The number of rotatable bonds is 5. The maximum absolute atomic E-state index is 11.8. The molecule has 0 bridgehead atoms. The molecule has 6 N–H and O–H groups in total. The fourth-order valence-electron chi connectivity index (χ4n) is 1.58. The van der Waals surface area contributed by atoms with Crippen molar-refractivity contribution < 1.29 is 9.90 Å². The van der Waals surface area contributed by atoms with Gasteiger partial charge in [0.15, 0.2) is 0 Å². The molecule has 0 fully saturated rings. The Morgan fingerprint density at radius 2 is 1.94 bits per heavy atom. The van der Waals surface area contributed by atoms with Crippen LogP contribution in [0.2, 0.25) is 0 Å². The third kappa shape index (κ3) is 4.32. The van der Waals surface area contributed by atoms with Gasteiger partial charge in [-0.15, -0.1) is 0 Å². The molecule has 0 aliphatic rings. The summed E-state index contributed by atoms with van der Waals surface area (Å²) in [5.74, 6) is -0.200. The summed E-state index contributed by atoms with van der Waals surface area (Å²) < 4.78 is 0. The Morgan fingerprint density at radius 3 is 2.47 bits per heavy atom. The van der Waals surface area contributed by atoms with Crippen LogP contribution in [0.15, 0.2) is 18.2 Å². The van der Waals surface area contributed by atoms with Gasteiger partial charge in [-0.1, -0.05) is 0 Å². The number of aliphatic hydroxyl groups is 1. The van der Waals surface area contributed by atoms with Crippen LogP contribution < -0.4 is 16.8 Å². The maximum Gasteiger partial charge on any atom is 0.251 e. The normalized spacial score (nSPS) is 12.1. The number of anilines is 2. The summed E-state index contributed by atoms with van der Waals surface area (Å²) in [4.78, 5) is 11.8. The predicted octanol–water partition coefficient (Wildman–Crippen LogP) is 0.742. The summed E-state index contributed by atoms with van der Waals surface area (Å²) in [7, 11) is 0. The fourth-order valence-corrected chi connectivity index (χ4v) is 1.58. The van der Waals surface area contributed by atoms with Crippen molar-refractivity contribution in [2.75, 3.05) is 18.1 Å². The summed E-state index contributed by atoms with van der Waals surface area (Å²) in [5.41, 5.74) is 12.6. The second kappa shape index (κ2) is 6.10. The van der Waals surface area contributed by atoms with Crippen LogP contribution in [0.25, 0.3) is 0 Å². The number of aliphatic hydroxyl groups excluding tert-OH is 1. The van der Waals surface area contributed by atoms with Gasteiger partial charge >= 0.3 is 0 Å². The molecule has 0 radical (unpaired) electrons. The summed E-state index contributed by atoms with van der Waals surface area (Å²) in [5, 5.41) is 11.5. The molecule has 1 amide bonds. The SMILES string of the molecule is CC(CCCO)NC(=O)c1cc(N)cc(N)c1. The van der Waals surface area contributed by atoms with E-state index in [9.17, 15) is 4.79 Å². The molecule has 1 rings (SSSR count). The molecule has 5 nitrogen and oxygen atoms in total. The molecule has 0 spiro atoms. The summed E-state index contributed by atoms with van der Waals surface area (Å²) in [6.07, 6.45) is 1.40. The van der Waals surface area contributed by atoms with Gasteiger partial charge in [0.25, 0.3) is 5.91 Å². The Labute approximate surface area is 101 Å². The highest BCUT2D eigenvalue weighted by molar-refractivity contribution is 5.96. The van der Waals surface area contributed by atoms with E-state index in [1.165, 1.54) is 0 Å². The van der Waals surface area contributed by atoms with Crippen LogP contribution in [0.3, 0.4) is 0 Å². The second-order valence-corrected chi connectivity index (χ2v) is 4.13. The average Bonchev–Trinajstić information content (AvgIpc) is 2.25. The third-order valence-electron chi connectivity index (χ3n) is 2.41. The topological polar surface area (TPSA) is 101 Å². The van der Waals surface area contributed by atoms with Gasteiger partial charge in [-0.25, -0.2) is 0 Å². The zero-order valence-electron chi connectivity index (χ0n) is 9.94. The number of amides is 1. The van der Waals surface area contributed by atoms with Crippen LogP contribution in [0.1, 0.15) is 30.1 Å². The summed E-state index contributed by atoms with van der Waals surface area (Å²) >= 11 is 0. The quantitative estimate of drug-likeness (QED) is 0.567. The number of nitrogens with one attached hydrogen (secondary N) is 1. The van der Waals surface area contributed by atoms with E-state index in [1.54, 1.807) is 18.2 Å². The molecule has 0 aromatic heterocycles. The van der Waals surface area contributed by atoms with Crippen molar-refractivity contribution in [1.82, 2.24) is 5.32 Å². The first-order valence-electron chi connectivity index (χ1n) is 5.60. The molecule has 5 heteroatoms. The predicted molar refractivity (Wildman–Crippen MR) is 68.5 cm³/mol. The van der Waals surface area contributed by atoms with E-state index in [1.807, 2.05) is 6.92 Å². The van der Waals surface area contributed by atoms with Crippen LogP contribution in [0, 0.1) is 0 Å². The van der Waals surface area contributed by atoms with E-state index in [0.717, 1.165) is 6.42 Å². The van der Waals surface area contributed by atoms with Gasteiger partial charge in [0.1, 0.15) is 0 Å². The molecular weight excluding hydrogens is 218 g/mol. The van der Waals surface area contributed by atoms with Gasteiger partial charge in [-0.05, 0) is 38.0 Å². The Balaban J connectivity index is 2.63. The lowest BCUT2D eigenvalue weighted by Gasteiger charge is -2.13. The number of nitrogens with two attached hydrogens (primary N) is 2. The van der Waals surface area contributed by atoms with Crippen molar-refractivity contribution in [1.29, 1.82) is 0 Å². The molecule has 1 unspecified atom stereocenters. The number of nitrogen functional groups attached to an aromatic ring is 2. The number of benzene rings is 1. The van der Waals surface area contributed by atoms with Crippen molar-refractivity contribution in [3.05, 3.63) is 23.8 Å². The summed E-state index contributed by atoms with van der Waals surface area (Å²) in [6, 6.07) is 4.79. The zero-order valence-corrected chi connectivity index (χ0v) is 9.94. The van der Waals surface area contributed by atoms with E-state index in [4.69, 9.17) is 16.6 Å². The molecule has 0 saturated carbocycles. The molecule has 0 heterocycles. The lowest BCUT2D eigenvalue weighted by atomic mass is 10.1. The maximum atomic E-state index is 11.8. The van der Waals surface area contributed by atoms with Gasteiger partial charge in [0, 0.05) is 29.6 Å². The monoisotopic (exact) mass is 237 g/mol. The van der Waals surface area contributed by atoms with Gasteiger partial charge in [-0.2, -0.15) is 0 Å². The van der Waals surface area contributed by atoms with Crippen LogP contribution in [-0.2, 0) is 0 Å². The van der Waals surface area contributed by atoms with Crippen LogP contribution in [0.5, 0.6) is 0 Å². The molecule has 0 saturated heterocycles. The molecular formula is C12H19N3O2. The standard InChI is InChI=1S/C12H19N3O2/c1-8(3-2-4-16)15-12(17)9-5-10(13)7-11(14)6-9/h5-8,16H,2-4,13-14H2,1H3,(H,15,17). The van der Waals surface area contributed by atoms with E-state index in [2.05, 4.69) is 5.32 Å². The van der Waals surface area contributed by atoms with Crippen molar-refractivity contribution in [3.8, 4) is 0 Å². The molecule has 1 aromatic carbocycles. The highest BCUT2D eigenvalue weighted by Gasteiger charge is 2.10. The van der Waals surface area contributed by atoms with E-state index >= 15 is 0 Å². The fraction of sp³-hybridized carbons (Fsp3) is 0.417. The molecule has 1 aromatic rings. The third-order valence-corrected chi connectivity index (χ3v) is 2.41.